The smallest absolute Gasteiger partial charge is 0.269 e. The molecule has 5 nitrogen and oxygen atoms in total. The van der Waals surface area contributed by atoms with Gasteiger partial charge in [-0.25, -0.2) is 4.98 Å². The Labute approximate surface area is 131 Å². The van der Waals surface area contributed by atoms with Gasteiger partial charge in [0.25, 0.3) is 5.91 Å². The predicted molar refractivity (Wildman–Crippen MR) is 86.9 cm³/mol. The predicted octanol–water partition coefficient (Wildman–Crippen LogP) is 1.94. The molecule has 0 aromatic carbocycles. The normalized spacial score (nSPS) is 10.9. The van der Waals surface area contributed by atoms with Crippen LogP contribution in [0.1, 0.15) is 42.0 Å². The third kappa shape index (κ3) is 3.74. The Balaban J connectivity index is 0.00000220. The lowest BCUT2D eigenvalue weighted by atomic mass is 10.0. The highest BCUT2D eigenvalue weighted by molar-refractivity contribution is 5.93. The highest BCUT2D eigenvalue weighted by atomic mass is 35.5. The average molecular weight is 311 g/mol. The summed E-state index contributed by atoms with van der Waals surface area (Å²) in [5.41, 5.74) is 14.2. The van der Waals surface area contributed by atoms with E-state index < -0.39 is 5.91 Å². The summed E-state index contributed by atoms with van der Waals surface area (Å²) in [7, 11) is 0. The number of imidazole rings is 1. The van der Waals surface area contributed by atoms with Crippen molar-refractivity contribution in [2.24, 2.45) is 17.4 Å². The lowest BCUT2D eigenvalue weighted by Gasteiger charge is -2.07. The van der Waals surface area contributed by atoms with Crippen molar-refractivity contribution in [1.82, 2.24) is 9.38 Å². The standard InChI is InChI=1S/C15H22N4O.ClH/c1-10(2)9-11-5-4-8-19-12(6-3-7-16)13(14(17)20)18-15(11)19;/h4-5,8,10H,3,6-7,9,16H2,1-2H3,(H2,17,20);1H. The summed E-state index contributed by atoms with van der Waals surface area (Å²) in [5, 5.41) is 0. The molecular weight excluding hydrogens is 288 g/mol. The quantitative estimate of drug-likeness (QED) is 0.855. The van der Waals surface area contributed by atoms with Crippen molar-refractivity contribution in [3.63, 3.8) is 0 Å². The zero-order chi connectivity index (χ0) is 14.7. The molecule has 0 saturated heterocycles. The summed E-state index contributed by atoms with van der Waals surface area (Å²) >= 11 is 0. The number of fused-ring (bicyclic) bond motifs is 1. The second-order valence-corrected chi connectivity index (χ2v) is 5.49. The summed E-state index contributed by atoms with van der Waals surface area (Å²) in [6.45, 7) is 4.91. The second kappa shape index (κ2) is 7.43. The Morgan fingerprint density at radius 1 is 1.43 bits per heavy atom. The molecule has 2 heterocycles. The molecule has 1 amide bonds. The van der Waals surface area contributed by atoms with Crippen LogP contribution in [0.4, 0.5) is 0 Å². The molecule has 0 fully saturated rings. The number of hydrogen-bond donors (Lipinski definition) is 2. The maximum atomic E-state index is 11.6. The van der Waals surface area contributed by atoms with Gasteiger partial charge in [0.15, 0.2) is 0 Å². The van der Waals surface area contributed by atoms with Gasteiger partial charge in [0.05, 0.1) is 5.69 Å². The van der Waals surface area contributed by atoms with E-state index in [0.29, 0.717) is 24.6 Å². The third-order valence-corrected chi connectivity index (χ3v) is 3.31. The monoisotopic (exact) mass is 310 g/mol. The van der Waals surface area contributed by atoms with Gasteiger partial charge in [-0.2, -0.15) is 0 Å². The first-order valence-electron chi connectivity index (χ1n) is 7.03. The van der Waals surface area contributed by atoms with Gasteiger partial charge in [-0.3, -0.25) is 4.79 Å². The van der Waals surface area contributed by atoms with Gasteiger partial charge in [-0.15, -0.1) is 12.4 Å². The number of halogens is 1. The molecule has 0 aliphatic heterocycles. The summed E-state index contributed by atoms with van der Waals surface area (Å²) in [6.07, 6.45) is 4.38. The van der Waals surface area contributed by atoms with Gasteiger partial charge >= 0.3 is 0 Å². The number of aromatic nitrogens is 2. The van der Waals surface area contributed by atoms with Gasteiger partial charge in [0, 0.05) is 6.20 Å². The van der Waals surface area contributed by atoms with E-state index in [-0.39, 0.29) is 12.4 Å². The van der Waals surface area contributed by atoms with Crippen molar-refractivity contribution in [3.05, 3.63) is 35.3 Å². The van der Waals surface area contributed by atoms with Crippen LogP contribution in [0.3, 0.4) is 0 Å². The second-order valence-electron chi connectivity index (χ2n) is 5.49. The van der Waals surface area contributed by atoms with E-state index in [1.807, 2.05) is 16.7 Å². The molecule has 2 rings (SSSR count). The van der Waals surface area contributed by atoms with E-state index >= 15 is 0 Å². The number of nitrogens with zero attached hydrogens (tertiary/aromatic N) is 2. The molecule has 0 unspecified atom stereocenters. The molecule has 0 spiro atoms. The Hall–Kier alpha value is -1.59. The first-order chi connectivity index (χ1) is 9.54. The molecule has 0 aliphatic rings. The van der Waals surface area contributed by atoms with Crippen LogP contribution >= 0.6 is 12.4 Å². The molecule has 4 N–H and O–H groups in total. The molecule has 0 radical (unpaired) electrons. The zero-order valence-electron chi connectivity index (χ0n) is 12.5. The van der Waals surface area contributed by atoms with Crippen LogP contribution in [0.2, 0.25) is 0 Å². The van der Waals surface area contributed by atoms with Crippen LogP contribution in [0.25, 0.3) is 5.65 Å². The largest absolute Gasteiger partial charge is 0.364 e. The Bertz CT molecular complexity index is 621. The Morgan fingerprint density at radius 3 is 2.71 bits per heavy atom. The lowest BCUT2D eigenvalue weighted by molar-refractivity contribution is 0.0995. The topological polar surface area (TPSA) is 86.4 Å². The van der Waals surface area contributed by atoms with E-state index in [9.17, 15) is 4.79 Å². The van der Waals surface area contributed by atoms with Crippen molar-refractivity contribution < 1.29 is 4.79 Å². The fourth-order valence-electron chi connectivity index (χ4n) is 2.48. The van der Waals surface area contributed by atoms with Crippen molar-refractivity contribution >= 4 is 24.0 Å². The van der Waals surface area contributed by atoms with Crippen LogP contribution in [0.5, 0.6) is 0 Å². The number of aryl methyl sites for hydroxylation is 1. The van der Waals surface area contributed by atoms with Crippen molar-refractivity contribution in [3.8, 4) is 0 Å². The minimum absolute atomic E-state index is 0. The first kappa shape index (κ1) is 17.5. The van der Waals surface area contributed by atoms with E-state index in [1.54, 1.807) is 0 Å². The molecule has 0 bridgehead atoms. The first-order valence-corrected chi connectivity index (χ1v) is 7.03. The SMILES string of the molecule is CC(C)Cc1cccn2c(CCCN)c(C(N)=O)nc12.Cl. The fraction of sp³-hybridized carbons (Fsp3) is 0.467. The number of pyridine rings is 1. The molecule has 0 aliphatic carbocycles. The Morgan fingerprint density at radius 2 is 2.14 bits per heavy atom. The van der Waals surface area contributed by atoms with Crippen molar-refractivity contribution in [2.45, 2.75) is 33.1 Å². The molecule has 0 saturated carbocycles. The maximum absolute atomic E-state index is 11.6. The minimum Gasteiger partial charge on any atom is -0.364 e. The van der Waals surface area contributed by atoms with Crippen LogP contribution in [0, 0.1) is 5.92 Å². The number of primary amides is 1. The van der Waals surface area contributed by atoms with Crippen LogP contribution in [0.15, 0.2) is 18.3 Å². The highest BCUT2D eigenvalue weighted by Crippen LogP contribution is 2.20. The fourth-order valence-corrected chi connectivity index (χ4v) is 2.48. The average Bonchev–Trinajstić information content (AvgIpc) is 2.75. The van der Waals surface area contributed by atoms with Crippen molar-refractivity contribution in [1.29, 1.82) is 0 Å². The molecule has 116 valence electrons. The minimum atomic E-state index is -0.476. The van der Waals surface area contributed by atoms with Gasteiger partial charge in [-0.1, -0.05) is 19.9 Å². The summed E-state index contributed by atoms with van der Waals surface area (Å²) < 4.78 is 1.98. The molecule has 2 aromatic heterocycles. The van der Waals surface area contributed by atoms with Crippen molar-refractivity contribution in [2.75, 3.05) is 6.54 Å². The number of carbonyl (C=O) groups excluding carboxylic acids is 1. The number of rotatable bonds is 6. The van der Waals surface area contributed by atoms with Crippen LogP contribution < -0.4 is 11.5 Å². The van der Waals surface area contributed by atoms with Gasteiger partial charge in [0.2, 0.25) is 0 Å². The number of nitrogens with two attached hydrogens (primary N) is 2. The van der Waals surface area contributed by atoms with E-state index in [0.717, 1.165) is 29.7 Å². The number of carbonyl (C=O) groups is 1. The Kier molecular flexibility index (Phi) is 6.18. The number of amides is 1. The van der Waals surface area contributed by atoms with Crippen LogP contribution in [-0.4, -0.2) is 21.8 Å². The summed E-state index contributed by atoms with van der Waals surface area (Å²) in [5.74, 6) is 0.0543. The van der Waals surface area contributed by atoms with Gasteiger partial charge in [0.1, 0.15) is 11.3 Å². The zero-order valence-corrected chi connectivity index (χ0v) is 13.3. The lowest BCUT2D eigenvalue weighted by Crippen LogP contribution is -2.15. The molecule has 0 atom stereocenters. The molecule has 2 aromatic rings. The third-order valence-electron chi connectivity index (χ3n) is 3.31. The highest BCUT2D eigenvalue weighted by Gasteiger charge is 2.18. The van der Waals surface area contributed by atoms with E-state index in [2.05, 4.69) is 24.9 Å². The molecular formula is C15H23ClN4O. The molecule has 6 heteroatoms. The van der Waals surface area contributed by atoms with E-state index in [1.165, 1.54) is 0 Å². The van der Waals surface area contributed by atoms with Gasteiger partial charge < -0.3 is 15.9 Å². The number of hydrogen-bond acceptors (Lipinski definition) is 3. The molecule has 21 heavy (non-hydrogen) atoms. The van der Waals surface area contributed by atoms with Gasteiger partial charge in [-0.05, 0) is 43.4 Å². The summed E-state index contributed by atoms with van der Waals surface area (Å²) in [4.78, 5) is 16.1. The maximum Gasteiger partial charge on any atom is 0.269 e. The van der Waals surface area contributed by atoms with Crippen LogP contribution in [-0.2, 0) is 12.8 Å². The van der Waals surface area contributed by atoms with E-state index in [4.69, 9.17) is 11.5 Å². The summed E-state index contributed by atoms with van der Waals surface area (Å²) in [6, 6.07) is 4.04.